The molecule has 0 unspecified atom stereocenters. The highest BCUT2D eigenvalue weighted by Gasteiger charge is 2.30. The van der Waals surface area contributed by atoms with Crippen LogP contribution in [0, 0.1) is 6.92 Å². The predicted octanol–water partition coefficient (Wildman–Crippen LogP) is 5.06. The normalized spacial score (nSPS) is 14.6. The van der Waals surface area contributed by atoms with Crippen molar-refractivity contribution in [3.8, 4) is 5.75 Å². The summed E-state index contributed by atoms with van der Waals surface area (Å²) in [5.41, 5.74) is 2.36. The molecule has 5 heteroatoms. The van der Waals surface area contributed by atoms with Crippen molar-refractivity contribution in [1.29, 1.82) is 0 Å². The van der Waals surface area contributed by atoms with Crippen LogP contribution in [-0.4, -0.2) is 41.9 Å². The Balaban J connectivity index is 1.59. The number of nitrogens with zero attached hydrogens (tertiary/aromatic N) is 1. The van der Waals surface area contributed by atoms with Gasteiger partial charge in [-0.1, -0.05) is 67.8 Å². The molecule has 2 aromatic rings. The minimum absolute atomic E-state index is 0.0123. The summed E-state index contributed by atoms with van der Waals surface area (Å²) in [7, 11) is 0. The van der Waals surface area contributed by atoms with E-state index in [9.17, 15) is 9.59 Å². The van der Waals surface area contributed by atoms with Crippen molar-refractivity contribution < 1.29 is 14.3 Å². The average Bonchev–Trinajstić information content (AvgIpc) is 3.34. The summed E-state index contributed by atoms with van der Waals surface area (Å²) in [6.07, 6.45) is 6.74. The first kappa shape index (κ1) is 24.8. The zero-order valence-corrected chi connectivity index (χ0v) is 20.1. The van der Waals surface area contributed by atoms with Gasteiger partial charge in [-0.05, 0) is 56.7 Å². The van der Waals surface area contributed by atoms with Gasteiger partial charge in [0.15, 0.2) is 0 Å². The fourth-order valence-corrected chi connectivity index (χ4v) is 4.45. The van der Waals surface area contributed by atoms with Gasteiger partial charge in [0, 0.05) is 19.0 Å². The van der Waals surface area contributed by atoms with Crippen molar-refractivity contribution >= 4 is 11.8 Å². The van der Waals surface area contributed by atoms with E-state index in [4.69, 9.17) is 4.74 Å². The molecule has 178 valence electrons. The quantitative estimate of drug-likeness (QED) is 0.460. The molecule has 1 aliphatic carbocycles. The van der Waals surface area contributed by atoms with Crippen LogP contribution in [0.5, 0.6) is 5.75 Å². The van der Waals surface area contributed by atoms with Crippen LogP contribution in [0.2, 0.25) is 0 Å². The van der Waals surface area contributed by atoms with Crippen LogP contribution in [0.4, 0.5) is 0 Å². The molecule has 2 amide bonds. The van der Waals surface area contributed by atoms with Crippen LogP contribution in [-0.2, 0) is 16.0 Å². The van der Waals surface area contributed by atoms with Gasteiger partial charge >= 0.3 is 0 Å². The third kappa shape index (κ3) is 7.92. The summed E-state index contributed by atoms with van der Waals surface area (Å²) in [6, 6.07) is 17.9. The molecular weight excluding hydrogens is 412 g/mol. The lowest BCUT2D eigenvalue weighted by atomic mass is 10.1. The summed E-state index contributed by atoms with van der Waals surface area (Å²) >= 11 is 0. The highest BCUT2D eigenvalue weighted by atomic mass is 16.5. The van der Waals surface area contributed by atoms with Crippen LogP contribution < -0.4 is 10.1 Å². The number of amides is 2. The molecule has 0 aliphatic heterocycles. The Kier molecular flexibility index (Phi) is 9.79. The van der Waals surface area contributed by atoms with E-state index in [1.165, 1.54) is 24.0 Å². The Hall–Kier alpha value is -2.82. The van der Waals surface area contributed by atoms with E-state index in [1.54, 1.807) is 4.90 Å². The number of benzene rings is 2. The first-order valence-corrected chi connectivity index (χ1v) is 12.4. The molecule has 1 fully saturated rings. The number of hydrogen-bond acceptors (Lipinski definition) is 3. The van der Waals surface area contributed by atoms with E-state index >= 15 is 0 Å². The highest BCUT2D eigenvalue weighted by Crippen LogP contribution is 2.19. The highest BCUT2D eigenvalue weighted by molar-refractivity contribution is 5.87. The largest absolute Gasteiger partial charge is 0.494 e. The molecule has 0 radical (unpaired) electrons. The molecule has 33 heavy (non-hydrogen) atoms. The molecule has 3 rings (SSSR count). The third-order valence-electron chi connectivity index (χ3n) is 6.40. The van der Waals surface area contributed by atoms with E-state index in [0.29, 0.717) is 32.4 Å². The van der Waals surface area contributed by atoms with E-state index < -0.39 is 6.04 Å². The lowest BCUT2D eigenvalue weighted by Crippen LogP contribution is -2.51. The molecule has 0 heterocycles. The first-order valence-electron chi connectivity index (χ1n) is 12.4. The topological polar surface area (TPSA) is 58.6 Å². The summed E-state index contributed by atoms with van der Waals surface area (Å²) in [4.78, 5) is 28.1. The van der Waals surface area contributed by atoms with Gasteiger partial charge in [0.1, 0.15) is 11.8 Å². The summed E-state index contributed by atoms with van der Waals surface area (Å²) in [5, 5.41) is 3.20. The zero-order chi connectivity index (χ0) is 23.5. The molecule has 1 aliphatic rings. The van der Waals surface area contributed by atoms with Crippen LogP contribution in [0.25, 0.3) is 0 Å². The van der Waals surface area contributed by atoms with Crippen molar-refractivity contribution in [1.82, 2.24) is 10.2 Å². The Morgan fingerprint density at radius 1 is 1.06 bits per heavy atom. The summed E-state index contributed by atoms with van der Waals surface area (Å²) in [6.45, 7) is 5.05. The number of aryl methyl sites for hydroxylation is 1. The van der Waals surface area contributed by atoms with Crippen molar-refractivity contribution in [2.75, 3.05) is 13.2 Å². The molecule has 2 aromatic carbocycles. The maximum absolute atomic E-state index is 13.3. The third-order valence-corrected chi connectivity index (χ3v) is 6.40. The lowest BCUT2D eigenvalue weighted by Gasteiger charge is -2.31. The fourth-order valence-electron chi connectivity index (χ4n) is 4.45. The van der Waals surface area contributed by atoms with Gasteiger partial charge in [0.25, 0.3) is 0 Å². The number of carbonyl (C=O) groups excluding carboxylic acids is 2. The second-order valence-electron chi connectivity index (χ2n) is 9.00. The molecule has 1 N–H and O–H groups in total. The van der Waals surface area contributed by atoms with Crippen LogP contribution in [0.15, 0.2) is 54.6 Å². The van der Waals surface area contributed by atoms with Crippen LogP contribution in [0.3, 0.4) is 0 Å². The van der Waals surface area contributed by atoms with E-state index in [1.807, 2.05) is 56.3 Å². The molecule has 0 bridgehead atoms. The molecule has 0 spiro atoms. The number of nitrogens with one attached hydrogen (secondary N) is 1. The Morgan fingerprint density at radius 3 is 2.42 bits per heavy atom. The van der Waals surface area contributed by atoms with Crippen molar-refractivity contribution in [3.05, 3.63) is 65.7 Å². The summed E-state index contributed by atoms with van der Waals surface area (Å²) < 4.78 is 5.79. The molecular formula is C28H38N2O3. The van der Waals surface area contributed by atoms with Gasteiger partial charge in [-0.3, -0.25) is 9.59 Å². The SMILES string of the molecule is CC[C@H](C(=O)NC1CCCC1)N(CCc1ccccc1)C(=O)CCCOc1ccc(C)cc1. The molecule has 5 nitrogen and oxygen atoms in total. The summed E-state index contributed by atoms with van der Waals surface area (Å²) in [5.74, 6) is 0.824. The standard InChI is InChI=1S/C28H38N2O3/c1-3-26(28(32)29-24-12-7-8-13-24)30(20-19-23-10-5-4-6-11-23)27(31)14-9-21-33-25-17-15-22(2)16-18-25/h4-6,10-11,15-18,24,26H,3,7-9,12-14,19-21H2,1-2H3,(H,29,32)/t26-/m1/s1. The van der Waals surface area contributed by atoms with Crippen LogP contribution in [0.1, 0.15) is 63.0 Å². The van der Waals surface area contributed by atoms with E-state index in [-0.39, 0.29) is 17.9 Å². The Morgan fingerprint density at radius 2 is 1.76 bits per heavy atom. The van der Waals surface area contributed by atoms with E-state index in [0.717, 1.165) is 25.0 Å². The van der Waals surface area contributed by atoms with Gasteiger partial charge in [-0.15, -0.1) is 0 Å². The minimum atomic E-state index is -0.431. The zero-order valence-electron chi connectivity index (χ0n) is 20.1. The second kappa shape index (κ2) is 13.0. The number of ether oxygens (including phenoxy) is 1. The molecule has 0 saturated heterocycles. The number of hydrogen-bond donors (Lipinski definition) is 1. The second-order valence-corrected chi connectivity index (χ2v) is 9.00. The minimum Gasteiger partial charge on any atom is -0.494 e. The average molecular weight is 451 g/mol. The van der Waals surface area contributed by atoms with E-state index in [2.05, 4.69) is 17.4 Å². The predicted molar refractivity (Wildman–Crippen MR) is 132 cm³/mol. The van der Waals surface area contributed by atoms with Gasteiger partial charge in [-0.2, -0.15) is 0 Å². The lowest BCUT2D eigenvalue weighted by molar-refractivity contribution is -0.141. The number of carbonyl (C=O) groups is 2. The van der Waals surface area contributed by atoms with Gasteiger partial charge in [0.2, 0.25) is 11.8 Å². The first-order chi connectivity index (χ1) is 16.1. The van der Waals surface area contributed by atoms with Crippen LogP contribution >= 0.6 is 0 Å². The Bertz CT molecular complexity index is 860. The monoisotopic (exact) mass is 450 g/mol. The molecule has 1 atom stereocenters. The van der Waals surface area contributed by atoms with Crippen molar-refractivity contribution in [2.24, 2.45) is 0 Å². The van der Waals surface area contributed by atoms with Gasteiger partial charge < -0.3 is 15.0 Å². The maximum Gasteiger partial charge on any atom is 0.243 e. The maximum atomic E-state index is 13.3. The fraction of sp³-hybridized carbons (Fsp3) is 0.500. The molecule has 1 saturated carbocycles. The molecule has 0 aromatic heterocycles. The van der Waals surface area contributed by atoms with Gasteiger partial charge in [0.05, 0.1) is 6.61 Å². The smallest absolute Gasteiger partial charge is 0.243 e. The van der Waals surface area contributed by atoms with Gasteiger partial charge in [-0.25, -0.2) is 0 Å². The van der Waals surface area contributed by atoms with Crippen molar-refractivity contribution in [2.45, 2.75) is 77.3 Å². The Labute approximate surface area is 198 Å². The number of rotatable bonds is 12. The van der Waals surface area contributed by atoms with Crippen molar-refractivity contribution in [3.63, 3.8) is 0 Å².